The number of quaternary nitrogens is 1. The Balaban J connectivity index is 5.54. The molecule has 0 aliphatic heterocycles. The number of hydrogen-bond acceptors (Lipinski definition) is 7. The Labute approximate surface area is 442 Å². The largest absolute Gasteiger partial charge is 0.756 e. The maximum Gasteiger partial charge on any atom is 0.306 e. The Morgan fingerprint density at radius 2 is 0.903 bits per heavy atom. The summed E-state index contributed by atoms with van der Waals surface area (Å²) in [5.74, 6) is -0.651. The van der Waals surface area contributed by atoms with Gasteiger partial charge in [-0.3, -0.25) is 14.2 Å². The molecule has 0 aromatic heterocycles. The third-order valence-electron chi connectivity index (χ3n) is 11.9. The average Bonchev–Trinajstić information content (AvgIpc) is 3.34. The lowest BCUT2D eigenvalue weighted by Gasteiger charge is -2.30. The lowest BCUT2D eigenvalue weighted by molar-refractivity contribution is -0.870. The molecule has 3 atom stereocenters. The van der Waals surface area contributed by atoms with Gasteiger partial charge in [0.25, 0.3) is 7.82 Å². The van der Waals surface area contributed by atoms with E-state index in [9.17, 15) is 19.0 Å². The zero-order chi connectivity index (χ0) is 52.9. The number of unbranched alkanes of at least 4 members (excludes halogenated alkanes) is 18. The van der Waals surface area contributed by atoms with Crippen molar-refractivity contribution in [2.75, 3.05) is 40.9 Å². The molecule has 0 fully saturated rings. The van der Waals surface area contributed by atoms with Gasteiger partial charge in [0.15, 0.2) is 0 Å². The molecule has 1 amide bonds. The molecule has 0 aromatic rings. The van der Waals surface area contributed by atoms with E-state index in [4.69, 9.17) is 13.8 Å². The molecule has 0 rings (SSSR count). The zero-order valence-corrected chi connectivity index (χ0v) is 47.7. The van der Waals surface area contributed by atoms with Crippen LogP contribution in [0.2, 0.25) is 0 Å². The Morgan fingerprint density at radius 3 is 1.39 bits per heavy atom. The van der Waals surface area contributed by atoms with Gasteiger partial charge in [0, 0.05) is 12.8 Å². The number of esters is 1. The molecular weight excluding hydrogens is 916 g/mol. The number of hydrogen-bond donors (Lipinski definition) is 1. The summed E-state index contributed by atoms with van der Waals surface area (Å²) in [5, 5.41) is 2.98. The normalized spacial score (nSPS) is 14.6. The van der Waals surface area contributed by atoms with Crippen LogP contribution < -0.4 is 10.2 Å². The number of nitrogens with one attached hydrogen (secondary N) is 1. The fourth-order valence-corrected chi connectivity index (χ4v) is 8.23. The van der Waals surface area contributed by atoms with Crippen molar-refractivity contribution < 1.29 is 37.3 Å². The van der Waals surface area contributed by atoms with Crippen LogP contribution in [0.5, 0.6) is 0 Å². The first kappa shape index (κ1) is 68.7. The SMILES string of the molecule is CC/C=C/C/C=C/C/C=C/C/C=C/CCCCCC(=O)NC(COP(=O)([O-])OCC[N+](C)(C)C)C(/C=C/CCCCCCCCCCCCC)OC(=O)CCC/C=C\C/C=C\C/C=C\C/C=C\CCCCC. The fourth-order valence-electron chi connectivity index (χ4n) is 7.50. The van der Waals surface area contributed by atoms with Gasteiger partial charge in [-0.25, -0.2) is 0 Å². The third kappa shape index (κ3) is 51.6. The molecule has 0 saturated carbocycles. The molecule has 0 aliphatic rings. The van der Waals surface area contributed by atoms with Crippen molar-refractivity contribution in [3.05, 3.63) is 109 Å². The van der Waals surface area contributed by atoms with Crippen LogP contribution in [0.4, 0.5) is 0 Å². The molecule has 9 nitrogen and oxygen atoms in total. The summed E-state index contributed by atoms with van der Waals surface area (Å²) in [6.07, 6.45) is 69.2. The molecule has 0 bridgehead atoms. The van der Waals surface area contributed by atoms with Crippen molar-refractivity contribution in [2.45, 2.75) is 232 Å². The van der Waals surface area contributed by atoms with Gasteiger partial charge < -0.3 is 28.5 Å². The molecule has 0 spiro atoms. The first-order valence-corrected chi connectivity index (χ1v) is 30.2. The average molecular weight is 1020 g/mol. The highest BCUT2D eigenvalue weighted by molar-refractivity contribution is 7.45. The monoisotopic (exact) mass is 1020 g/mol. The minimum Gasteiger partial charge on any atom is -0.756 e. The first-order valence-electron chi connectivity index (χ1n) is 28.7. The Morgan fingerprint density at radius 1 is 0.500 bits per heavy atom. The van der Waals surface area contributed by atoms with Crippen LogP contribution in [0.3, 0.4) is 0 Å². The summed E-state index contributed by atoms with van der Waals surface area (Å²) >= 11 is 0. The van der Waals surface area contributed by atoms with Crippen molar-refractivity contribution in [3.63, 3.8) is 0 Å². The molecule has 0 radical (unpaired) electrons. The second-order valence-corrected chi connectivity index (χ2v) is 21.5. The number of carbonyl (C=O) groups excluding carboxylic acids is 2. The molecule has 0 heterocycles. The Hall–Kier alpha value is -3.33. The molecular formula is C62H107N2O7P. The maximum atomic E-state index is 13.5. The van der Waals surface area contributed by atoms with Crippen LogP contribution in [0.15, 0.2) is 109 Å². The van der Waals surface area contributed by atoms with E-state index in [2.05, 4.69) is 123 Å². The number of phosphoric ester groups is 1. The standard InChI is InChI=1S/C62H107N2O7P/c1-7-10-13-16-19-22-25-28-30-32-34-37-40-43-46-49-52-55-62(66)71-60(53-50-47-44-41-38-35-27-24-21-18-15-12-9-3)59(58-70-72(67,68)69-57-56-64(4,5)6)63-61(65)54-51-48-45-42-39-36-33-31-29-26-23-20-17-14-11-8-2/h11,14,19-20,22-23,28-31,34,36-37,39,43,46,50,53,59-60H,7-10,12-13,15-18,21,24-27,32-33,35,38,40-42,44-45,47-49,51-52,54-58H2,1-6H3,(H-,63,65,67,68)/b14-11+,22-19-,23-20+,30-28-,31-29+,37-34-,39-36+,46-43-,53-50+. The van der Waals surface area contributed by atoms with E-state index >= 15 is 0 Å². The van der Waals surface area contributed by atoms with Crippen LogP contribution >= 0.6 is 7.82 Å². The quantitative estimate of drug-likeness (QED) is 0.0212. The lowest BCUT2D eigenvalue weighted by Crippen LogP contribution is -2.47. The number of rotatable bonds is 50. The minimum absolute atomic E-state index is 0.0427. The summed E-state index contributed by atoms with van der Waals surface area (Å²) in [5.41, 5.74) is 0. The molecule has 0 saturated heterocycles. The Kier molecular flexibility index (Phi) is 48.8. The lowest BCUT2D eigenvalue weighted by atomic mass is 10.0. The van der Waals surface area contributed by atoms with E-state index in [1.54, 1.807) is 6.08 Å². The number of allylic oxidation sites excluding steroid dienone is 17. The van der Waals surface area contributed by atoms with Crippen molar-refractivity contribution in [3.8, 4) is 0 Å². The molecule has 1 N–H and O–H groups in total. The Bertz CT molecular complexity index is 1600. The van der Waals surface area contributed by atoms with Crippen LogP contribution in [-0.4, -0.2) is 69.4 Å². The second kappa shape index (κ2) is 51.2. The van der Waals surface area contributed by atoms with E-state index < -0.39 is 32.5 Å². The summed E-state index contributed by atoms with van der Waals surface area (Å²) in [6, 6.07) is -0.933. The van der Waals surface area contributed by atoms with E-state index in [0.717, 1.165) is 89.9 Å². The maximum absolute atomic E-state index is 13.5. The predicted octanol–water partition coefficient (Wildman–Crippen LogP) is 16.7. The van der Waals surface area contributed by atoms with Gasteiger partial charge >= 0.3 is 5.97 Å². The molecule has 0 aliphatic carbocycles. The number of phosphoric acid groups is 1. The summed E-state index contributed by atoms with van der Waals surface area (Å²) in [7, 11) is 1.12. The smallest absolute Gasteiger partial charge is 0.306 e. The van der Waals surface area contributed by atoms with Crippen LogP contribution in [0.1, 0.15) is 220 Å². The second-order valence-electron chi connectivity index (χ2n) is 20.1. The number of likely N-dealkylation sites (N-methyl/N-ethyl adjacent to an activating group) is 1. The number of nitrogens with zero attached hydrogens (tertiary/aromatic N) is 1. The van der Waals surface area contributed by atoms with Crippen LogP contribution in [0, 0.1) is 0 Å². The molecule has 3 unspecified atom stereocenters. The van der Waals surface area contributed by atoms with E-state index in [1.807, 2.05) is 27.2 Å². The fraction of sp³-hybridized carbons (Fsp3) is 0.677. The summed E-state index contributed by atoms with van der Waals surface area (Å²) < 4.78 is 30.2. The van der Waals surface area contributed by atoms with Crippen LogP contribution in [0.25, 0.3) is 0 Å². The van der Waals surface area contributed by atoms with Gasteiger partial charge in [-0.15, -0.1) is 0 Å². The van der Waals surface area contributed by atoms with Gasteiger partial charge in [0.2, 0.25) is 5.91 Å². The van der Waals surface area contributed by atoms with Crippen molar-refractivity contribution in [1.29, 1.82) is 0 Å². The minimum atomic E-state index is -4.72. The van der Waals surface area contributed by atoms with E-state index in [-0.39, 0.29) is 25.4 Å². The van der Waals surface area contributed by atoms with E-state index in [1.165, 1.54) is 83.5 Å². The highest BCUT2D eigenvalue weighted by atomic mass is 31.2. The molecule has 72 heavy (non-hydrogen) atoms. The van der Waals surface area contributed by atoms with Gasteiger partial charge in [-0.2, -0.15) is 0 Å². The molecule has 10 heteroatoms. The number of amides is 1. The van der Waals surface area contributed by atoms with E-state index in [0.29, 0.717) is 23.9 Å². The predicted molar refractivity (Wildman–Crippen MR) is 307 cm³/mol. The summed E-state index contributed by atoms with van der Waals surface area (Å²) in [6.45, 7) is 6.61. The first-order chi connectivity index (χ1) is 34.9. The molecule has 0 aromatic carbocycles. The molecule has 412 valence electrons. The van der Waals surface area contributed by atoms with Gasteiger partial charge in [0.1, 0.15) is 19.3 Å². The van der Waals surface area contributed by atoms with Gasteiger partial charge in [0.05, 0.1) is 33.8 Å². The van der Waals surface area contributed by atoms with Crippen LogP contribution in [-0.2, 0) is 27.9 Å². The van der Waals surface area contributed by atoms with Gasteiger partial charge in [-0.1, -0.05) is 208 Å². The van der Waals surface area contributed by atoms with Gasteiger partial charge in [-0.05, 0) is 109 Å². The van der Waals surface area contributed by atoms with Crippen molar-refractivity contribution in [2.24, 2.45) is 0 Å². The third-order valence-corrected chi connectivity index (χ3v) is 12.9. The van der Waals surface area contributed by atoms with Crippen molar-refractivity contribution >= 4 is 19.7 Å². The number of carbonyl (C=O) groups is 2. The highest BCUT2D eigenvalue weighted by Crippen LogP contribution is 2.38. The summed E-state index contributed by atoms with van der Waals surface area (Å²) in [4.78, 5) is 39.8. The number of ether oxygens (including phenoxy) is 1. The highest BCUT2D eigenvalue weighted by Gasteiger charge is 2.27. The van der Waals surface area contributed by atoms with Crippen molar-refractivity contribution in [1.82, 2.24) is 5.32 Å². The zero-order valence-electron chi connectivity index (χ0n) is 46.8. The topological polar surface area (TPSA) is 114 Å².